The Hall–Kier alpha value is 0.240. The average Bonchev–Trinajstić information content (AvgIpc) is 1.55. The van der Waals surface area contributed by atoms with Gasteiger partial charge in [-0.25, -0.2) is 0 Å². The third-order valence-corrected chi connectivity index (χ3v) is 1.44. The molecule has 0 fully saturated rings. The number of nitrogens with one attached hydrogen (secondary N) is 1. The van der Waals surface area contributed by atoms with E-state index < -0.39 is 34.9 Å². The molecule has 0 bridgehead atoms. The van der Waals surface area contributed by atoms with Crippen molar-refractivity contribution in [2.45, 2.75) is 11.0 Å². The smallest absolute Gasteiger partial charge is 0.193 e. The van der Waals surface area contributed by atoms with E-state index in [9.17, 15) is 26.3 Å². The van der Waals surface area contributed by atoms with E-state index in [0.29, 0.717) is 0 Å². The van der Waals surface area contributed by atoms with Crippen molar-refractivity contribution in [2.75, 3.05) is 0 Å². The number of rotatable bonds is 2. The van der Waals surface area contributed by atoms with Gasteiger partial charge in [0.2, 0.25) is 0 Å². The monoisotopic (exact) mass is 217 g/mol. The Morgan fingerprint density at radius 2 is 1.00 bits per heavy atom. The molecule has 0 rings (SSSR count). The van der Waals surface area contributed by atoms with Gasteiger partial charge in [0.25, 0.3) is 0 Å². The lowest BCUT2D eigenvalue weighted by molar-refractivity contribution is -0.0348. The number of halogens is 6. The second-order valence-electron chi connectivity index (χ2n) is 1.18. The van der Waals surface area contributed by atoms with Crippen molar-refractivity contribution >= 4 is 23.9 Å². The summed E-state index contributed by atoms with van der Waals surface area (Å²) < 4.78 is 68.0. The summed E-state index contributed by atoms with van der Waals surface area (Å²) in [7, 11) is 0. The van der Waals surface area contributed by atoms with E-state index in [1.54, 1.807) is 0 Å². The highest BCUT2D eigenvalue weighted by atomic mass is 32.2. The van der Waals surface area contributed by atoms with Crippen LogP contribution in [0.3, 0.4) is 0 Å². The molecule has 0 aromatic carbocycles. The lowest BCUT2D eigenvalue weighted by atomic mass is 11.6. The molecule has 9 heteroatoms. The largest absolute Gasteiger partial charge is 0.456 e. The molecule has 68 valence electrons. The van der Waals surface area contributed by atoms with Crippen molar-refractivity contribution in [2.24, 2.45) is 0 Å². The maximum atomic E-state index is 11.2. The zero-order valence-corrected chi connectivity index (χ0v) is 6.22. The van der Waals surface area contributed by atoms with Crippen LogP contribution in [0.4, 0.5) is 26.3 Å². The number of hydrogen-bond acceptors (Lipinski definition) is 3. The van der Waals surface area contributed by atoms with Gasteiger partial charge in [0.05, 0.1) is 0 Å². The molecule has 0 aliphatic heterocycles. The van der Waals surface area contributed by atoms with Gasteiger partial charge in [-0.15, -0.1) is 0 Å². The predicted molar refractivity (Wildman–Crippen MR) is 30.4 cm³/mol. The molecule has 0 aliphatic carbocycles. The minimum atomic E-state index is -4.70. The molecular formula is C2HF6NS2. The van der Waals surface area contributed by atoms with Crippen LogP contribution >= 0.6 is 23.9 Å². The van der Waals surface area contributed by atoms with Crippen LogP contribution in [0, 0.1) is 0 Å². The Balaban J connectivity index is 3.44. The van der Waals surface area contributed by atoms with Crippen molar-refractivity contribution in [1.29, 1.82) is 0 Å². The van der Waals surface area contributed by atoms with E-state index in [2.05, 4.69) is 0 Å². The molecule has 1 N–H and O–H groups in total. The zero-order valence-electron chi connectivity index (χ0n) is 4.58. The fourth-order valence-corrected chi connectivity index (χ4v) is 1.04. The van der Waals surface area contributed by atoms with E-state index in [1.165, 1.54) is 0 Å². The molecular weight excluding hydrogens is 216 g/mol. The van der Waals surface area contributed by atoms with E-state index in [1.807, 2.05) is 0 Å². The quantitative estimate of drug-likeness (QED) is 0.564. The molecule has 0 amide bonds. The third kappa shape index (κ3) is 10.2. The van der Waals surface area contributed by atoms with E-state index in [0.717, 1.165) is 4.13 Å². The minimum Gasteiger partial charge on any atom is -0.193 e. The fraction of sp³-hybridized carbons (Fsp3) is 1.00. The SMILES string of the molecule is FC(F)(F)SNSC(F)(F)F. The summed E-state index contributed by atoms with van der Waals surface area (Å²) in [6, 6.07) is 0. The average molecular weight is 217 g/mol. The Morgan fingerprint density at radius 1 is 0.727 bits per heavy atom. The van der Waals surface area contributed by atoms with Crippen molar-refractivity contribution in [3.05, 3.63) is 0 Å². The van der Waals surface area contributed by atoms with Gasteiger partial charge in [0.15, 0.2) is 0 Å². The minimum absolute atomic E-state index is 0.947. The van der Waals surface area contributed by atoms with Gasteiger partial charge in [-0.05, 0) is 0 Å². The number of alkyl halides is 6. The first kappa shape index (κ1) is 11.2. The summed E-state index contributed by atoms with van der Waals surface area (Å²) in [5.41, 5.74) is -9.39. The molecule has 0 aromatic heterocycles. The van der Waals surface area contributed by atoms with Gasteiger partial charge >= 0.3 is 11.0 Å². The van der Waals surface area contributed by atoms with Gasteiger partial charge in [-0.3, -0.25) is 0 Å². The van der Waals surface area contributed by atoms with Gasteiger partial charge in [0.1, 0.15) is 0 Å². The Bertz CT molecular complexity index is 103. The first-order valence-electron chi connectivity index (χ1n) is 1.95. The van der Waals surface area contributed by atoms with Crippen LogP contribution in [0.2, 0.25) is 0 Å². The van der Waals surface area contributed by atoms with Gasteiger partial charge in [-0.2, -0.15) is 30.5 Å². The summed E-state index contributed by atoms with van der Waals surface area (Å²) in [4.78, 5) is 0. The molecule has 1 nitrogen and oxygen atoms in total. The lowest BCUT2D eigenvalue weighted by Crippen LogP contribution is -2.12. The van der Waals surface area contributed by atoms with Crippen molar-refractivity contribution in [1.82, 2.24) is 4.13 Å². The summed E-state index contributed by atoms with van der Waals surface area (Å²) in [6.45, 7) is 0. The topological polar surface area (TPSA) is 12.0 Å². The third-order valence-electron chi connectivity index (χ3n) is 0.315. The highest BCUT2D eigenvalue weighted by molar-refractivity contribution is 8.13. The second-order valence-corrected chi connectivity index (χ2v) is 3.18. The summed E-state index contributed by atoms with van der Waals surface area (Å²) in [5.74, 6) is 0. The maximum Gasteiger partial charge on any atom is 0.456 e. The van der Waals surface area contributed by atoms with Gasteiger partial charge < -0.3 is 0 Å². The summed E-state index contributed by atoms with van der Waals surface area (Å²) in [5, 5.41) is 0. The van der Waals surface area contributed by atoms with Crippen molar-refractivity contribution in [3.8, 4) is 0 Å². The van der Waals surface area contributed by atoms with Crippen LogP contribution in [0.25, 0.3) is 0 Å². The van der Waals surface area contributed by atoms with Crippen molar-refractivity contribution in [3.63, 3.8) is 0 Å². The molecule has 0 radical (unpaired) electrons. The fourth-order valence-electron chi connectivity index (χ4n) is 0.115. The van der Waals surface area contributed by atoms with Gasteiger partial charge in [-0.1, -0.05) is 0 Å². The van der Waals surface area contributed by atoms with Crippen LogP contribution < -0.4 is 4.13 Å². The first-order valence-corrected chi connectivity index (χ1v) is 3.58. The Kier molecular flexibility index (Phi) is 3.85. The summed E-state index contributed by atoms with van der Waals surface area (Å²) in [6.07, 6.45) is 0. The highest BCUT2D eigenvalue weighted by Crippen LogP contribution is 2.34. The Morgan fingerprint density at radius 3 is 1.18 bits per heavy atom. The molecule has 0 saturated carbocycles. The number of hydrogen-bond donors (Lipinski definition) is 1. The molecule has 0 heterocycles. The first-order chi connectivity index (χ1) is 4.71. The second kappa shape index (κ2) is 3.76. The highest BCUT2D eigenvalue weighted by Gasteiger charge is 2.34. The molecule has 0 spiro atoms. The summed E-state index contributed by atoms with van der Waals surface area (Å²) >= 11 is -1.89. The van der Waals surface area contributed by atoms with E-state index in [4.69, 9.17) is 0 Å². The van der Waals surface area contributed by atoms with Crippen LogP contribution in [0.1, 0.15) is 0 Å². The van der Waals surface area contributed by atoms with Crippen LogP contribution in [-0.2, 0) is 0 Å². The predicted octanol–water partition coefficient (Wildman–Crippen LogP) is 2.91. The van der Waals surface area contributed by atoms with E-state index >= 15 is 0 Å². The van der Waals surface area contributed by atoms with E-state index in [-0.39, 0.29) is 0 Å². The molecule has 0 atom stereocenters. The standard InChI is InChI=1S/C2HF6NS2/c3-1(4,5)10-9-11-2(6,7)8/h9H. The van der Waals surface area contributed by atoms with Crippen LogP contribution in [0.5, 0.6) is 0 Å². The molecule has 11 heavy (non-hydrogen) atoms. The molecule has 0 saturated heterocycles. The van der Waals surface area contributed by atoms with Crippen molar-refractivity contribution < 1.29 is 26.3 Å². The zero-order chi connectivity index (χ0) is 9.12. The lowest BCUT2D eigenvalue weighted by Gasteiger charge is -2.07. The normalized spacial score (nSPS) is 13.6. The molecule has 0 aliphatic rings. The van der Waals surface area contributed by atoms with Gasteiger partial charge in [0, 0.05) is 23.9 Å². The Labute approximate surface area is 66.2 Å². The maximum absolute atomic E-state index is 11.2. The molecule has 0 unspecified atom stereocenters. The van der Waals surface area contributed by atoms with Crippen LogP contribution in [-0.4, -0.2) is 11.0 Å². The molecule has 0 aromatic rings. The van der Waals surface area contributed by atoms with Crippen LogP contribution in [0.15, 0.2) is 0 Å².